The minimum atomic E-state index is -0.0428. The molecular formula is C5H8N4O. The van der Waals surface area contributed by atoms with Crippen LogP contribution >= 0.6 is 0 Å². The van der Waals surface area contributed by atoms with Crippen molar-refractivity contribution in [1.29, 1.82) is 0 Å². The van der Waals surface area contributed by atoms with Gasteiger partial charge in [-0.2, -0.15) is 0 Å². The Morgan fingerprint density at radius 1 is 1.30 bits per heavy atom. The maximum Gasteiger partial charge on any atom is 0.271 e. The molecule has 0 saturated carbocycles. The van der Waals surface area contributed by atoms with Gasteiger partial charge in [0.25, 0.3) is 5.91 Å². The summed E-state index contributed by atoms with van der Waals surface area (Å²) >= 11 is 0. The molecule has 0 aromatic rings. The second-order valence-corrected chi connectivity index (χ2v) is 2.19. The van der Waals surface area contributed by atoms with Gasteiger partial charge in [0.05, 0.1) is 18.9 Å². The Labute approximate surface area is 57.8 Å². The number of carbonyl (C=O) groups excluding carboxylic acids is 1. The molecule has 0 bridgehead atoms. The highest BCUT2D eigenvalue weighted by molar-refractivity contribution is 5.94. The van der Waals surface area contributed by atoms with Gasteiger partial charge in [0.1, 0.15) is 5.70 Å². The Bertz CT molecular complexity index is 210. The molecule has 2 rings (SSSR count). The third-order valence-corrected chi connectivity index (χ3v) is 1.56. The first-order valence-electron chi connectivity index (χ1n) is 3.12. The molecule has 0 unspecified atom stereocenters. The van der Waals surface area contributed by atoms with Crippen LogP contribution in [-0.2, 0) is 4.79 Å². The normalized spacial score (nSPS) is 23.0. The van der Waals surface area contributed by atoms with Gasteiger partial charge in [0.2, 0.25) is 0 Å². The fourth-order valence-electron chi connectivity index (χ4n) is 1.05. The lowest BCUT2D eigenvalue weighted by Gasteiger charge is -2.15. The molecule has 0 atom stereocenters. The number of rotatable bonds is 0. The summed E-state index contributed by atoms with van der Waals surface area (Å²) in [4.78, 5) is 11.0. The number of nitrogens with one attached hydrogen (secondary N) is 4. The van der Waals surface area contributed by atoms with E-state index in [0.717, 1.165) is 5.70 Å². The standard InChI is InChI=1S/C5H8N4O/c10-5-4-3(1-8-9-4)6-2-7-5/h6,8-9H,1-2H2,(H,7,10). The van der Waals surface area contributed by atoms with Gasteiger partial charge in [0.15, 0.2) is 0 Å². The number of carbonyl (C=O) groups is 1. The van der Waals surface area contributed by atoms with Gasteiger partial charge in [0, 0.05) is 0 Å². The summed E-state index contributed by atoms with van der Waals surface area (Å²) < 4.78 is 0. The van der Waals surface area contributed by atoms with Crippen LogP contribution < -0.4 is 21.5 Å². The van der Waals surface area contributed by atoms with Gasteiger partial charge in [-0.25, -0.2) is 5.43 Å². The number of amides is 1. The molecule has 0 aromatic heterocycles. The Morgan fingerprint density at radius 2 is 2.20 bits per heavy atom. The molecule has 10 heavy (non-hydrogen) atoms. The number of hydrazine groups is 1. The molecule has 0 aliphatic carbocycles. The van der Waals surface area contributed by atoms with Gasteiger partial charge in [-0.3, -0.25) is 4.79 Å². The molecule has 2 aliphatic rings. The summed E-state index contributed by atoms with van der Waals surface area (Å²) in [6.07, 6.45) is 0. The Morgan fingerprint density at radius 3 is 3.00 bits per heavy atom. The van der Waals surface area contributed by atoms with Gasteiger partial charge < -0.3 is 16.1 Å². The molecule has 54 valence electrons. The van der Waals surface area contributed by atoms with E-state index in [-0.39, 0.29) is 5.91 Å². The lowest BCUT2D eigenvalue weighted by atomic mass is 10.3. The maximum absolute atomic E-state index is 11.0. The molecule has 1 amide bonds. The average Bonchev–Trinajstić information content (AvgIpc) is 2.36. The number of hydrogen-bond acceptors (Lipinski definition) is 4. The van der Waals surface area contributed by atoms with Crippen LogP contribution in [0, 0.1) is 0 Å². The largest absolute Gasteiger partial charge is 0.368 e. The fraction of sp³-hybridized carbons (Fsp3) is 0.400. The van der Waals surface area contributed by atoms with Crippen LogP contribution in [-0.4, -0.2) is 19.1 Å². The summed E-state index contributed by atoms with van der Waals surface area (Å²) in [7, 11) is 0. The molecular weight excluding hydrogens is 132 g/mol. The first-order valence-corrected chi connectivity index (χ1v) is 3.12. The second kappa shape index (κ2) is 1.88. The van der Waals surface area contributed by atoms with Crippen LogP contribution in [0.5, 0.6) is 0 Å². The molecule has 0 fully saturated rings. The van der Waals surface area contributed by atoms with E-state index in [2.05, 4.69) is 21.5 Å². The Kier molecular flexibility index (Phi) is 1.04. The van der Waals surface area contributed by atoms with Crippen molar-refractivity contribution in [1.82, 2.24) is 21.5 Å². The van der Waals surface area contributed by atoms with E-state index in [1.165, 1.54) is 0 Å². The van der Waals surface area contributed by atoms with Crippen molar-refractivity contribution in [2.75, 3.05) is 13.2 Å². The second-order valence-electron chi connectivity index (χ2n) is 2.19. The minimum absolute atomic E-state index is 0.0428. The summed E-state index contributed by atoms with van der Waals surface area (Å²) in [5.41, 5.74) is 7.18. The van der Waals surface area contributed by atoms with E-state index in [1.807, 2.05) is 0 Å². The highest BCUT2D eigenvalue weighted by Crippen LogP contribution is 2.04. The first-order chi connectivity index (χ1) is 4.88. The SMILES string of the molecule is O=C1NCNC2=C1NNC2. The van der Waals surface area contributed by atoms with E-state index >= 15 is 0 Å². The zero-order valence-electron chi connectivity index (χ0n) is 5.32. The molecule has 4 N–H and O–H groups in total. The quantitative estimate of drug-likeness (QED) is 0.314. The molecule has 0 saturated heterocycles. The zero-order chi connectivity index (χ0) is 6.97. The van der Waals surface area contributed by atoms with E-state index in [9.17, 15) is 4.79 Å². The predicted molar refractivity (Wildman–Crippen MR) is 34.3 cm³/mol. The molecule has 0 spiro atoms. The topological polar surface area (TPSA) is 65.2 Å². The smallest absolute Gasteiger partial charge is 0.271 e. The Hall–Kier alpha value is -1.23. The maximum atomic E-state index is 11.0. The molecule has 5 heteroatoms. The third-order valence-electron chi connectivity index (χ3n) is 1.56. The minimum Gasteiger partial charge on any atom is -0.368 e. The van der Waals surface area contributed by atoms with Crippen molar-refractivity contribution >= 4 is 5.91 Å². The number of hydrogen-bond donors (Lipinski definition) is 4. The van der Waals surface area contributed by atoms with Crippen LogP contribution in [0.15, 0.2) is 11.4 Å². The van der Waals surface area contributed by atoms with Crippen LogP contribution in [0.3, 0.4) is 0 Å². The van der Waals surface area contributed by atoms with Crippen LogP contribution in [0.1, 0.15) is 0 Å². The van der Waals surface area contributed by atoms with Crippen molar-refractivity contribution in [3.63, 3.8) is 0 Å². The van der Waals surface area contributed by atoms with Gasteiger partial charge in [-0.05, 0) is 0 Å². The van der Waals surface area contributed by atoms with Gasteiger partial charge in [-0.1, -0.05) is 0 Å². The van der Waals surface area contributed by atoms with Crippen LogP contribution in [0.2, 0.25) is 0 Å². The lowest BCUT2D eigenvalue weighted by molar-refractivity contribution is -0.118. The van der Waals surface area contributed by atoms with E-state index < -0.39 is 0 Å². The molecule has 0 aromatic carbocycles. The van der Waals surface area contributed by atoms with E-state index in [0.29, 0.717) is 18.9 Å². The van der Waals surface area contributed by atoms with Crippen molar-refractivity contribution in [3.8, 4) is 0 Å². The van der Waals surface area contributed by atoms with Gasteiger partial charge >= 0.3 is 0 Å². The third kappa shape index (κ3) is 0.640. The Balaban J connectivity index is 2.31. The molecule has 5 nitrogen and oxygen atoms in total. The van der Waals surface area contributed by atoms with Crippen molar-refractivity contribution < 1.29 is 4.79 Å². The highest BCUT2D eigenvalue weighted by atomic mass is 16.2. The zero-order valence-corrected chi connectivity index (χ0v) is 5.32. The first kappa shape index (κ1) is 5.55. The van der Waals surface area contributed by atoms with E-state index in [4.69, 9.17) is 0 Å². The summed E-state index contributed by atoms with van der Waals surface area (Å²) in [5.74, 6) is -0.0428. The van der Waals surface area contributed by atoms with E-state index in [1.54, 1.807) is 0 Å². The molecule has 0 radical (unpaired) electrons. The fourth-order valence-corrected chi connectivity index (χ4v) is 1.05. The lowest BCUT2D eigenvalue weighted by Crippen LogP contribution is -2.42. The van der Waals surface area contributed by atoms with Crippen molar-refractivity contribution in [2.45, 2.75) is 0 Å². The monoisotopic (exact) mass is 140 g/mol. The van der Waals surface area contributed by atoms with Crippen LogP contribution in [0.25, 0.3) is 0 Å². The van der Waals surface area contributed by atoms with Crippen molar-refractivity contribution in [3.05, 3.63) is 11.4 Å². The summed E-state index contributed by atoms with van der Waals surface area (Å²) in [6, 6.07) is 0. The predicted octanol–water partition coefficient (Wildman–Crippen LogP) is -2.02. The van der Waals surface area contributed by atoms with Gasteiger partial charge in [-0.15, -0.1) is 0 Å². The molecule has 2 aliphatic heterocycles. The highest BCUT2D eigenvalue weighted by Gasteiger charge is 2.22. The average molecular weight is 140 g/mol. The summed E-state index contributed by atoms with van der Waals surface area (Å²) in [5, 5.41) is 5.68. The summed E-state index contributed by atoms with van der Waals surface area (Å²) in [6.45, 7) is 1.23. The molecule has 2 heterocycles. The van der Waals surface area contributed by atoms with Crippen LogP contribution in [0.4, 0.5) is 0 Å². The van der Waals surface area contributed by atoms with Crippen molar-refractivity contribution in [2.24, 2.45) is 0 Å².